The number of rotatable bonds is 4. The number of para-hydroxylation sites is 1. The number of halogens is 1. The molecule has 0 spiro atoms. The van der Waals surface area contributed by atoms with E-state index in [-0.39, 0.29) is 21.7 Å². The van der Waals surface area contributed by atoms with Crippen LogP contribution in [-0.4, -0.2) is 28.1 Å². The lowest BCUT2D eigenvalue weighted by Gasteiger charge is -2.10. The summed E-state index contributed by atoms with van der Waals surface area (Å²) >= 11 is 5.91. The standard InChI is InChI=1S/C15H10ClNO5/c16-11-3-1-2-4-12(11)17-13(18)10-7-8(14(19)20)5-6-9(10)15(21)22/h1-7H,(H,17,18)(H,19,20)(H,21,22). The zero-order chi connectivity index (χ0) is 16.3. The lowest BCUT2D eigenvalue weighted by Crippen LogP contribution is -2.17. The molecular formula is C15H10ClNO5. The number of carbonyl (C=O) groups excluding carboxylic acids is 1. The summed E-state index contributed by atoms with van der Waals surface area (Å²) in [6.45, 7) is 0. The van der Waals surface area contributed by atoms with Crippen LogP contribution >= 0.6 is 11.6 Å². The average Bonchev–Trinajstić information content (AvgIpc) is 2.48. The number of carbonyl (C=O) groups is 3. The fourth-order valence-electron chi connectivity index (χ4n) is 1.80. The lowest BCUT2D eigenvalue weighted by molar-refractivity contribution is 0.0679. The second-order valence-corrected chi connectivity index (χ2v) is 4.71. The first kappa shape index (κ1) is 15.5. The van der Waals surface area contributed by atoms with Crippen molar-refractivity contribution in [1.29, 1.82) is 0 Å². The van der Waals surface area contributed by atoms with E-state index in [0.717, 1.165) is 18.2 Å². The first-order chi connectivity index (χ1) is 10.4. The van der Waals surface area contributed by atoms with Crippen LogP contribution in [0.15, 0.2) is 42.5 Å². The Kier molecular flexibility index (Phi) is 4.43. The van der Waals surface area contributed by atoms with Gasteiger partial charge in [-0.2, -0.15) is 0 Å². The Morgan fingerprint density at radius 2 is 1.59 bits per heavy atom. The van der Waals surface area contributed by atoms with E-state index in [1.54, 1.807) is 24.3 Å². The van der Waals surface area contributed by atoms with Gasteiger partial charge in [0.2, 0.25) is 0 Å². The first-order valence-electron chi connectivity index (χ1n) is 6.06. The molecule has 2 aromatic carbocycles. The van der Waals surface area contributed by atoms with Crippen LogP contribution in [0.3, 0.4) is 0 Å². The Bertz CT molecular complexity index is 772. The molecule has 0 bridgehead atoms. The van der Waals surface area contributed by atoms with E-state index in [0.29, 0.717) is 5.69 Å². The Morgan fingerprint density at radius 3 is 2.18 bits per heavy atom. The van der Waals surface area contributed by atoms with Crippen molar-refractivity contribution >= 4 is 35.1 Å². The monoisotopic (exact) mass is 319 g/mol. The minimum Gasteiger partial charge on any atom is -0.478 e. The smallest absolute Gasteiger partial charge is 0.336 e. The van der Waals surface area contributed by atoms with Gasteiger partial charge in [0.1, 0.15) is 0 Å². The van der Waals surface area contributed by atoms with E-state index in [2.05, 4.69) is 5.32 Å². The van der Waals surface area contributed by atoms with Crippen LogP contribution in [0.25, 0.3) is 0 Å². The van der Waals surface area contributed by atoms with E-state index < -0.39 is 17.8 Å². The van der Waals surface area contributed by atoms with Crippen molar-refractivity contribution in [2.45, 2.75) is 0 Å². The van der Waals surface area contributed by atoms with Crippen molar-refractivity contribution in [3.05, 3.63) is 64.2 Å². The highest BCUT2D eigenvalue weighted by Crippen LogP contribution is 2.22. The van der Waals surface area contributed by atoms with Crippen LogP contribution in [-0.2, 0) is 0 Å². The van der Waals surface area contributed by atoms with Crippen molar-refractivity contribution in [3.63, 3.8) is 0 Å². The second kappa shape index (κ2) is 6.28. The molecule has 7 heteroatoms. The average molecular weight is 320 g/mol. The Labute approximate surface area is 130 Å². The maximum absolute atomic E-state index is 12.2. The normalized spacial score (nSPS) is 10.0. The van der Waals surface area contributed by atoms with Gasteiger partial charge in [-0.1, -0.05) is 23.7 Å². The summed E-state index contributed by atoms with van der Waals surface area (Å²) in [5.41, 5.74) is -0.442. The van der Waals surface area contributed by atoms with Gasteiger partial charge in [0.05, 0.1) is 27.4 Å². The van der Waals surface area contributed by atoms with Crippen LogP contribution in [0.2, 0.25) is 5.02 Å². The third-order valence-electron chi connectivity index (χ3n) is 2.86. The van der Waals surface area contributed by atoms with E-state index >= 15 is 0 Å². The summed E-state index contributed by atoms with van der Waals surface area (Å²) in [7, 11) is 0. The molecule has 0 saturated heterocycles. The molecule has 3 N–H and O–H groups in total. The van der Waals surface area contributed by atoms with Crippen molar-refractivity contribution in [1.82, 2.24) is 0 Å². The molecule has 112 valence electrons. The van der Waals surface area contributed by atoms with Gasteiger partial charge in [-0.05, 0) is 30.3 Å². The fourth-order valence-corrected chi connectivity index (χ4v) is 1.99. The van der Waals surface area contributed by atoms with Gasteiger partial charge in [-0.15, -0.1) is 0 Å². The van der Waals surface area contributed by atoms with Gasteiger partial charge in [-0.3, -0.25) is 4.79 Å². The summed E-state index contributed by atoms with van der Waals surface area (Å²) < 4.78 is 0. The molecule has 0 aliphatic rings. The molecule has 0 saturated carbocycles. The van der Waals surface area contributed by atoms with Crippen molar-refractivity contribution in [3.8, 4) is 0 Å². The maximum Gasteiger partial charge on any atom is 0.336 e. The van der Waals surface area contributed by atoms with Crippen LogP contribution in [0.1, 0.15) is 31.1 Å². The molecule has 2 aromatic rings. The number of carboxylic acid groups (broad SMARTS) is 2. The Morgan fingerprint density at radius 1 is 0.909 bits per heavy atom. The molecule has 0 unspecified atom stereocenters. The molecular weight excluding hydrogens is 310 g/mol. The second-order valence-electron chi connectivity index (χ2n) is 4.30. The molecule has 0 fully saturated rings. The summed E-state index contributed by atoms with van der Waals surface area (Å²) in [6.07, 6.45) is 0. The Balaban J connectivity index is 2.43. The highest BCUT2D eigenvalue weighted by molar-refractivity contribution is 6.34. The zero-order valence-electron chi connectivity index (χ0n) is 11.0. The lowest BCUT2D eigenvalue weighted by atomic mass is 10.0. The Hall–Kier alpha value is -2.86. The fraction of sp³-hybridized carbons (Fsp3) is 0. The third-order valence-corrected chi connectivity index (χ3v) is 3.19. The molecule has 0 atom stereocenters. The molecule has 6 nitrogen and oxygen atoms in total. The quantitative estimate of drug-likeness (QED) is 0.803. The highest BCUT2D eigenvalue weighted by atomic mass is 35.5. The van der Waals surface area contributed by atoms with Gasteiger partial charge >= 0.3 is 11.9 Å². The molecule has 22 heavy (non-hydrogen) atoms. The summed E-state index contributed by atoms with van der Waals surface area (Å²) in [6, 6.07) is 9.63. The number of amides is 1. The highest BCUT2D eigenvalue weighted by Gasteiger charge is 2.19. The van der Waals surface area contributed by atoms with Crippen molar-refractivity contribution in [2.24, 2.45) is 0 Å². The minimum absolute atomic E-state index is 0.186. The van der Waals surface area contributed by atoms with Crippen molar-refractivity contribution in [2.75, 3.05) is 5.32 Å². The van der Waals surface area contributed by atoms with E-state index in [1.165, 1.54) is 0 Å². The number of aromatic carboxylic acids is 2. The molecule has 2 rings (SSSR count). The van der Waals surface area contributed by atoms with Crippen molar-refractivity contribution < 1.29 is 24.6 Å². The number of hydrogen-bond acceptors (Lipinski definition) is 3. The maximum atomic E-state index is 12.2. The van der Waals surface area contributed by atoms with Gasteiger partial charge in [-0.25, -0.2) is 9.59 Å². The molecule has 0 heterocycles. The summed E-state index contributed by atoms with van der Waals surface area (Å²) in [5, 5.41) is 20.8. The SMILES string of the molecule is O=C(O)c1ccc(C(=O)O)c(C(=O)Nc2ccccc2Cl)c1. The number of anilines is 1. The van der Waals surface area contributed by atoms with Crippen LogP contribution in [0.5, 0.6) is 0 Å². The predicted molar refractivity (Wildman–Crippen MR) is 79.8 cm³/mol. The third kappa shape index (κ3) is 3.24. The summed E-state index contributed by atoms with van der Waals surface area (Å²) in [5.74, 6) is -3.35. The summed E-state index contributed by atoms with van der Waals surface area (Å²) in [4.78, 5) is 34.4. The number of hydrogen-bond donors (Lipinski definition) is 3. The number of nitrogens with one attached hydrogen (secondary N) is 1. The largest absolute Gasteiger partial charge is 0.478 e. The van der Waals surface area contributed by atoms with Gasteiger partial charge < -0.3 is 15.5 Å². The molecule has 1 amide bonds. The topological polar surface area (TPSA) is 104 Å². The van der Waals surface area contributed by atoms with Crippen LogP contribution in [0.4, 0.5) is 5.69 Å². The van der Waals surface area contributed by atoms with Crippen LogP contribution < -0.4 is 5.32 Å². The zero-order valence-corrected chi connectivity index (χ0v) is 11.8. The van der Waals surface area contributed by atoms with E-state index in [4.69, 9.17) is 21.8 Å². The molecule has 0 aromatic heterocycles. The van der Waals surface area contributed by atoms with E-state index in [1.807, 2.05) is 0 Å². The minimum atomic E-state index is -1.33. The molecule has 0 radical (unpaired) electrons. The number of carboxylic acids is 2. The number of benzene rings is 2. The van der Waals surface area contributed by atoms with Gasteiger partial charge in [0, 0.05) is 0 Å². The van der Waals surface area contributed by atoms with Crippen LogP contribution in [0, 0.1) is 0 Å². The molecule has 0 aliphatic heterocycles. The molecule has 0 aliphatic carbocycles. The van der Waals surface area contributed by atoms with Gasteiger partial charge in [0.25, 0.3) is 5.91 Å². The van der Waals surface area contributed by atoms with Gasteiger partial charge in [0.15, 0.2) is 0 Å². The first-order valence-corrected chi connectivity index (χ1v) is 6.44. The van der Waals surface area contributed by atoms with E-state index in [9.17, 15) is 14.4 Å². The predicted octanol–water partition coefficient (Wildman–Crippen LogP) is 2.99.